The molecule has 0 aromatic rings. The average Bonchev–Trinajstić information content (AvgIpc) is 3.00. The number of rotatable bonds is 3. The SMILES string of the molecule is CS(=O)(=O)N1CCC(C(=O)NC2CC2)CC1. The van der Waals surface area contributed by atoms with E-state index in [1.54, 1.807) is 0 Å². The number of piperidine rings is 1. The van der Waals surface area contributed by atoms with Gasteiger partial charge in [-0.25, -0.2) is 12.7 Å². The maximum atomic E-state index is 11.7. The number of carbonyl (C=O) groups is 1. The summed E-state index contributed by atoms with van der Waals surface area (Å²) in [5.41, 5.74) is 0. The first-order valence-corrected chi connectivity index (χ1v) is 7.57. The Morgan fingerprint density at radius 1 is 1.19 bits per heavy atom. The van der Waals surface area contributed by atoms with E-state index in [0.717, 1.165) is 12.8 Å². The van der Waals surface area contributed by atoms with Gasteiger partial charge < -0.3 is 5.32 Å². The molecule has 0 aromatic carbocycles. The van der Waals surface area contributed by atoms with Gasteiger partial charge in [-0.2, -0.15) is 0 Å². The van der Waals surface area contributed by atoms with Crippen LogP contribution in [-0.4, -0.2) is 44.0 Å². The van der Waals surface area contributed by atoms with E-state index in [-0.39, 0.29) is 11.8 Å². The summed E-state index contributed by atoms with van der Waals surface area (Å²) in [5.74, 6) is 0.106. The van der Waals surface area contributed by atoms with E-state index in [9.17, 15) is 13.2 Å². The quantitative estimate of drug-likeness (QED) is 0.758. The molecule has 1 heterocycles. The highest BCUT2D eigenvalue weighted by Gasteiger charge is 2.31. The molecule has 2 fully saturated rings. The molecule has 2 rings (SSSR count). The van der Waals surface area contributed by atoms with Crippen molar-refractivity contribution in [2.24, 2.45) is 5.92 Å². The Hall–Kier alpha value is -0.620. The van der Waals surface area contributed by atoms with Gasteiger partial charge in [0.25, 0.3) is 0 Å². The van der Waals surface area contributed by atoms with Crippen LogP contribution in [-0.2, 0) is 14.8 Å². The van der Waals surface area contributed by atoms with Gasteiger partial charge in [-0.05, 0) is 25.7 Å². The molecule has 5 nitrogen and oxygen atoms in total. The van der Waals surface area contributed by atoms with E-state index in [1.165, 1.54) is 10.6 Å². The average molecular weight is 246 g/mol. The van der Waals surface area contributed by atoms with E-state index in [1.807, 2.05) is 0 Å². The standard InChI is InChI=1S/C10H18N2O3S/c1-16(14,15)12-6-4-8(5-7-12)10(13)11-9-2-3-9/h8-9H,2-7H2,1H3,(H,11,13). The fraction of sp³-hybridized carbons (Fsp3) is 0.900. The van der Waals surface area contributed by atoms with Crippen LogP contribution in [0.25, 0.3) is 0 Å². The third kappa shape index (κ3) is 2.95. The highest BCUT2D eigenvalue weighted by Crippen LogP contribution is 2.23. The molecule has 1 N–H and O–H groups in total. The second-order valence-corrected chi connectivity index (χ2v) is 6.70. The minimum absolute atomic E-state index is 0.00130. The summed E-state index contributed by atoms with van der Waals surface area (Å²) in [7, 11) is -3.08. The number of sulfonamides is 1. The lowest BCUT2D eigenvalue weighted by molar-refractivity contribution is -0.126. The molecule has 0 atom stereocenters. The van der Waals surface area contributed by atoms with Crippen molar-refractivity contribution in [3.05, 3.63) is 0 Å². The molecule has 1 amide bonds. The lowest BCUT2D eigenvalue weighted by atomic mass is 9.97. The van der Waals surface area contributed by atoms with Crippen LogP contribution in [0.3, 0.4) is 0 Å². The van der Waals surface area contributed by atoms with Crippen molar-refractivity contribution < 1.29 is 13.2 Å². The number of carbonyl (C=O) groups excluding carboxylic acids is 1. The summed E-state index contributed by atoms with van der Waals surface area (Å²) < 4.78 is 24.0. The lowest BCUT2D eigenvalue weighted by Gasteiger charge is -2.29. The molecule has 0 bridgehead atoms. The van der Waals surface area contributed by atoms with E-state index in [0.29, 0.717) is 32.0 Å². The second-order valence-electron chi connectivity index (χ2n) is 4.72. The highest BCUT2D eigenvalue weighted by atomic mass is 32.2. The van der Waals surface area contributed by atoms with Crippen LogP contribution in [0.15, 0.2) is 0 Å². The fourth-order valence-electron chi connectivity index (χ4n) is 2.00. The number of nitrogens with zero attached hydrogens (tertiary/aromatic N) is 1. The van der Waals surface area contributed by atoms with Crippen LogP contribution in [0, 0.1) is 5.92 Å². The van der Waals surface area contributed by atoms with E-state index in [4.69, 9.17) is 0 Å². The van der Waals surface area contributed by atoms with Crippen molar-refractivity contribution >= 4 is 15.9 Å². The van der Waals surface area contributed by atoms with Crippen LogP contribution in [0.1, 0.15) is 25.7 Å². The summed E-state index contributed by atoms with van der Waals surface area (Å²) in [5, 5.41) is 2.97. The first kappa shape index (κ1) is 11.9. The van der Waals surface area contributed by atoms with Crippen molar-refractivity contribution in [1.29, 1.82) is 0 Å². The summed E-state index contributed by atoms with van der Waals surface area (Å²) in [6.07, 6.45) is 4.69. The summed E-state index contributed by atoms with van der Waals surface area (Å²) in [4.78, 5) is 11.7. The maximum Gasteiger partial charge on any atom is 0.223 e. The van der Waals surface area contributed by atoms with Gasteiger partial charge in [0.05, 0.1) is 6.26 Å². The van der Waals surface area contributed by atoms with Crippen LogP contribution in [0.4, 0.5) is 0 Å². The maximum absolute atomic E-state index is 11.7. The largest absolute Gasteiger partial charge is 0.353 e. The molecule has 1 aliphatic heterocycles. The predicted octanol–water partition coefficient (Wildman–Crippen LogP) is -0.0634. The Morgan fingerprint density at radius 2 is 1.75 bits per heavy atom. The predicted molar refractivity (Wildman–Crippen MR) is 60.3 cm³/mol. The normalized spacial score (nSPS) is 24.3. The van der Waals surface area contributed by atoms with Gasteiger partial charge in [0.2, 0.25) is 15.9 Å². The lowest BCUT2D eigenvalue weighted by Crippen LogP contribution is -2.43. The molecule has 1 aliphatic carbocycles. The molecule has 6 heteroatoms. The van der Waals surface area contributed by atoms with E-state index >= 15 is 0 Å². The van der Waals surface area contributed by atoms with Gasteiger partial charge in [-0.1, -0.05) is 0 Å². The molecule has 0 unspecified atom stereocenters. The molecule has 0 spiro atoms. The van der Waals surface area contributed by atoms with Crippen molar-refractivity contribution in [2.45, 2.75) is 31.7 Å². The summed E-state index contributed by atoms with van der Waals surface area (Å²) in [6, 6.07) is 0.389. The van der Waals surface area contributed by atoms with Crippen molar-refractivity contribution in [2.75, 3.05) is 19.3 Å². The zero-order chi connectivity index (χ0) is 11.8. The zero-order valence-electron chi connectivity index (χ0n) is 9.48. The van der Waals surface area contributed by atoms with Crippen molar-refractivity contribution in [1.82, 2.24) is 9.62 Å². The van der Waals surface area contributed by atoms with E-state index in [2.05, 4.69) is 5.32 Å². The van der Waals surface area contributed by atoms with Crippen LogP contribution < -0.4 is 5.32 Å². The zero-order valence-corrected chi connectivity index (χ0v) is 10.3. The number of amides is 1. The van der Waals surface area contributed by atoms with Crippen LogP contribution in [0.5, 0.6) is 0 Å². The molecular weight excluding hydrogens is 228 g/mol. The monoisotopic (exact) mass is 246 g/mol. The molecule has 92 valence electrons. The molecule has 1 saturated carbocycles. The molecular formula is C10H18N2O3S. The van der Waals surface area contributed by atoms with Gasteiger partial charge in [-0.3, -0.25) is 4.79 Å². The summed E-state index contributed by atoms with van der Waals surface area (Å²) in [6.45, 7) is 0.948. The first-order valence-electron chi connectivity index (χ1n) is 5.72. The van der Waals surface area contributed by atoms with Gasteiger partial charge >= 0.3 is 0 Å². The summed E-state index contributed by atoms with van der Waals surface area (Å²) >= 11 is 0. The number of hydrogen-bond acceptors (Lipinski definition) is 3. The fourth-order valence-corrected chi connectivity index (χ4v) is 2.87. The number of hydrogen-bond donors (Lipinski definition) is 1. The molecule has 1 saturated heterocycles. The van der Waals surface area contributed by atoms with E-state index < -0.39 is 10.0 Å². The molecule has 0 aromatic heterocycles. The second kappa shape index (κ2) is 4.33. The Labute approximate surface area is 96.2 Å². The van der Waals surface area contributed by atoms with Gasteiger partial charge in [0.15, 0.2) is 0 Å². The molecule has 2 aliphatic rings. The third-order valence-electron chi connectivity index (χ3n) is 3.22. The number of nitrogens with one attached hydrogen (secondary N) is 1. The highest BCUT2D eigenvalue weighted by molar-refractivity contribution is 7.88. The van der Waals surface area contributed by atoms with Crippen LogP contribution >= 0.6 is 0 Å². The van der Waals surface area contributed by atoms with Gasteiger partial charge in [-0.15, -0.1) is 0 Å². The van der Waals surface area contributed by atoms with Crippen molar-refractivity contribution in [3.63, 3.8) is 0 Å². The Kier molecular flexibility index (Phi) is 3.21. The van der Waals surface area contributed by atoms with Gasteiger partial charge in [0, 0.05) is 25.0 Å². The Bertz CT molecular complexity index is 368. The Balaban J connectivity index is 1.82. The molecule has 0 radical (unpaired) electrons. The first-order chi connectivity index (χ1) is 7.47. The topological polar surface area (TPSA) is 66.5 Å². The smallest absolute Gasteiger partial charge is 0.223 e. The van der Waals surface area contributed by atoms with Crippen LogP contribution in [0.2, 0.25) is 0 Å². The third-order valence-corrected chi connectivity index (χ3v) is 4.52. The minimum Gasteiger partial charge on any atom is -0.353 e. The van der Waals surface area contributed by atoms with Gasteiger partial charge in [0.1, 0.15) is 0 Å². The molecule has 16 heavy (non-hydrogen) atoms. The van der Waals surface area contributed by atoms with Crippen molar-refractivity contribution in [3.8, 4) is 0 Å². The minimum atomic E-state index is -3.08. The Morgan fingerprint density at radius 3 is 2.19 bits per heavy atom.